The van der Waals surface area contributed by atoms with Crippen molar-refractivity contribution in [1.82, 2.24) is 15.3 Å². The van der Waals surface area contributed by atoms with Crippen LogP contribution in [0.2, 0.25) is 0 Å². The lowest BCUT2D eigenvalue weighted by Crippen LogP contribution is -2.44. The highest BCUT2D eigenvalue weighted by atomic mass is 16.5. The summed E-state index contributed by atoms with van der Waals surface area (Å²) in [5.41, 5.74) is 2.35. The first-order valence-electron chi connectivity index (χ1n) is 7.24. The van der Waals surface area contributed by atoms with Crippen LogP contribution in [0.4, 0.5) is 5.95 Å². The second-order valence-corrected chi connectivity index (χ2v) is 5.15. The summed E-state index contributed by atoms with van der Waals surface area (Å²) in [7, 11) is 1.68. The second kappa shape index (κ2) is 6.54. The largest absolute Gasteiger partial charge is 0.497 e. The number of nitrogens with one attached hydrogen (secondary N) is 1. The minimum atomic E-state index is 0.829. The van der Waals surface area contributed by atoms with E-state index in [0.717, 1.165) is 49.9 Å². The quantitative estimate of drug-likeness (QED) is 0.922. The van der Waals surface area contributed by atoms with Crippen LogP contribution in [0.25, 0.3) is 0 Å². The Balaban J connectivity index is 1.65. The number of hydrogen-bond donors (Lipinski definition) is 1. The fourth-order valence-electron chi connectivity index (χ4n) is 2.45. The van der Waals surface area contributed by atoms with Gasteiger partial charge in [0, 0.05) is 45.0 Å². The molecular formula is C16H20N4O. The minimum Gasteiger partial charge on any atom is -0.497 e. The molecule has 1 aliphatic heterocycles. The van der Waals surface area contributed by atoms with Gasteiger partial charge in [-0.1, -0.05) is 12.1 Å². The maximum absolute atomic E-state index is 5.17. The highest BCUT2D eigenvalue weighted by Gasteiger charge is 2.12. The zero-order valence-corrected chi connectivity index (χ0v) is 12.2. The molecule has 1 aromatic heterocycles. The monoisotopic (exact) mass is 284 g/mol. The predicted octanol–water partition coefficient (Wildman–Crippen LogP) is 1.49. The molecule has 0 saturated carbocycles. The second-order valence-electron chi connectivity index (χ2n) is 5.15. The molecule has 2 heterocycles. The van der Waals surface area contributed by atoms with Gasteiger partial charge < -0.3 is 15.0 Å². The zero-order chi connectivity index (χ0) is 14.5. The highest BCUT2D eigenvalue weighted by molar-refractivity contribution is 5.33. The van der Waals surface area contributed by atoms with Gasteiger partial charge in [0.1, 0.15) is 5.75 Å². The van der Waals surface area contributed by atoms with Crippen molar-refractivity contribution < 1.29 is 4.74 Å². The van der Waals surface area contributed by atoms with Gasteiger partial charge in [0.25, 0.3) is 0 Å². The third-order valence-corrected chi connectivity index (χ3v) is 3.66. The first-order chi connectivity index (χ1) is 10.3. The summed E-state index contributed by atoms with van der Waals surface area (Å²) in [5.74, 6) is 1.71. The van der Waals surface area contributed by atoms with Gasteiger partial charge >= 0.3 is 0 Å². The van der Waals surface area contributed by atoms with Gasteiger partial charge in [0.05, 0.1) is 7.11 Å². The minimum absolute atomic E-state index is 0.829. The number of rotatable bonds is 4. The number of nitrogens with zero attached hydrogens (tertiary/aromatic N) is 3. The molecule has 0 spiro atoms. The fraction of sp³-hybridized carbons (Fsp3) is 0.375. The van der Waals surface area contributed by atoms with Gasteiger partial charge in [0.15, 0.2) is 0 Å². The van der Waals surface area contributed by atoms with Gasteiger partial charge in [-0.2, -0.15) is 0 Å². The van der Waals surface area contributed by atoms with Crippen LogP contribution in [0, 0.1) is 0 Å². The Kier molecular flexibility index (Phi) is 4.31. The number of methoxy groups -OCH3 is 1. The number of aromatic nitrogens is 2. The molecule has 110 valence electrons. The van der Waals surface area contributed by atoms with E-state index in [4.69, 9.17) is 4.74 Å². The van der Waals surface area contributed by atoms with E-state index in [-0.39, 0.29) is 0 Å². The van der Waals surface area contributed by atoms with Crippen molar-refractivity contribution in [3.8, 4) is 5.75 Å². The third-order valence-electron chi connectivity index (χ3n) is 3.66. The molecule has 0 amide bonds. The van der Waals surface area contributed by atoms with Crippen molar-refractivity contribution in [1.29, 1.82) is 0 Å². The van der Waals surface area contributed by atoms with Crippen LogP contribution in [-0.2, 0) is 6.42 Å². The maximum Gasteiger partial charge on any atom is 0.225 e. The molecule has 0 aliphatic carbocycles. The summed E-state index contributed by atoms with van der Waals surface area (Å²) in [6, 6.07) is 8.10. The molecular weight excluding hydrogens is 264 g/mol. The van der Waals surface area contributed by atoms with Crippen LogP contribution in [0.1, 0.15) is 11.1 Å². The van der Waals surface area contributed by atoms with Crippen molar-refractivity contribution >= 4 is 5.95 Å². The Morgan fingerprint density at radius 2 is 1.71 bits per heavy atom. The Morgan fingerprint density at radius 3 is 2.33 bits per heavy atom. The van der Waals surface area contributed by atoms with E-state index in [1.54, 1.807) is 7.11 Å². The SMILES string of the molecule is COc1ccc(Cc2cnc(N3CCNCC3)nc2)cc1. The maximum atomic E-state index is 5.17. The Morgan fingerprint density at radius 1 is 1.05 bits per heavy atom. The molecule has 0 unspecified atom stereocenters. The Hall–Kier alpha value is -2.14. The molecule has 5 heteroatoms. The third kappa shape index (κ3) is 3.49. The number of piperazine rings is 1. The van der Waals surface area contributed by atoms with E-state index >= 15 is 0 Å². The lowest BCUT2D eigenvalue weighted by atomic mass is 10.1. The Labute approximate surface area is 125 Å². The summed E-state index contributed by atoms with van der Waals surface area (Å²) in [6.07, 6.45) is 4.69. The van der Waals surface area contributed by atoms with Gasteiger partial charge in [-0.25, -0.2) is 9.97 Å². The molecule has 1 fully saturated rings. The summed E-state index contributed by atoms with van der Waals surface area (Å²) >= 11 is 0. The first kappa shape index (κ1) is 13.8. The topological polar surface area (TPSA) is 50.3 Å². The highest BCUT2D eigenvalue weighted by Crippen LogP contribution is 2.15. The van der Waals surface area contributed by atoms with Crippen molar-refractivity contribution in [2.24, 2.45) is 0 Å². The van der Waals surface area contributed by atoms with Crippen LogP contribution in [-0.4, -0.2) is 43.3 Å². The smallest absolute Gasteiger partial charge is 0.225 e. The van der Waals surface area contributed by atoms with E-state index in [2.05, 4.69) is 32.3 Å². The van der Waals surface area contributed by atoms with Crippen LogP contribution < -0.4 is 15.0 Å². The average molecular weight is 284 g/mol. The molecule has 21 heavy (non-hydrogen) atoms. The van der Waals surface area contributed by atoms with Crippen molar-refractivity contribution in [2.45, 2.75) is 6.42 Å². The molecule has 1 saturated heterocycles. The lowest BCUT2D eigenvalue weighted by Gasteiger charge is -2.27. The first-order valence-corrected chi connectivity index (χ1v) is 7.24. The van der Waals surface area contributed by atoms with Crippen LogP contribution in [0.5, 0.6) is 5.75 Å². The molecule has 2 aromatic rings. The van der Waals surface area contributed by atoms with E-state index in [0.29, 0.717) is 0 Å². The van der Waals surface area contributed by atoms with Crippen molar-refractivity contribution in [2.75, 3.05) is 38.2 Å². The molecule has 1 aromatic carbocycles. The van der Waals surface area contributed by atoms with E-state index in [1.165, 1.54) is 5.56 Å². The van der Waals surface area contributed by atoms with Gasteiger partial charge in [-0.05, 0) is 23.3 Å². The molecule has 0 atom stereocenters. The molecule has 0 radical (unpaired) electrons. The molecule has 0 bridgehead atoms. The normalized spacial score (nSPS) is 15.0. The van der Waals surface area contributed by atoms with Gasteiger partial charge in [-0.3, -0.25) is 0 Å². The van der Waals surface area contributed by atoms with Gasteiger partial charge in [0.2, 0.25) is 5.95 Å². The summed E-state index contributed by atoms with van der Waals surface area (Å²) < 4.78 is 5.17. The zero-order valence-electron chi connectivity index (χ0n) is 12.2. The number of anilines is 1. The number of benzene rings is 1. The lowest BCUT2D eigenvalue weighted by molar-refractivity contribution is 0.414. The van der Waals surface area contributed by atoms with E-state index in [9.17, 15) is 0 Å². The van der Waals surface area contributed by atoms with Gasteiger partial charge in [-0.15, -0.1) is 0 Å². The van der Waals surface area contributed by atoms with Crippen LogP contribution in [0.15, 0.2) is 36.7 Å². The molecule has 5 nitrogen and oxygen atoms in total. The van der Waals surface area contributed by atoms with Crippen molar-refractivity contribution in [3.63, 3.8) is 0 Å². The van der Waals surface area contributed by atoms with E-state index in [1.807, 2.05) is 24.5 Å². The Bertz CT molecular complexity index is 562. The number of ether oxygens (including phenoxy) is 1. The summed E-state index contributed by atoms with van der Waals surface area (Å²) in [5, 5.41) is 3.33. The molecule has 3 rings (SSSR count). The fourth-order valence-corrected chi connectivity index (χ4v) is 2.45. The summed E-state index contributed by atoms with van der Waals surface area (Å²) in [6.45, 7) is 3.93. The molecule has 1 N–H and O–H groups in total. The molecule has 1 aliphatic rings. The van der Waals surface area contributed by atoms with Crippen LogP contribution in [0.3, 0.4) is 0 Å². The van der Waals surface area contributed by atoms with E-state index < -0.39 is 0 Å². The van der Waals surface area contributed by atoms with Crippen LogP contribution >= 0.6 is 0 Å². The predicted molar refractivity (Wildman–Crippen MR) is 82.9 cm³/mol. The van der Waals surface area contributed by atoms with Crippen molar-refractivity contribution in [3.05, 3.63) is 47.8 Å². The standard InChI is InChI=1S/C16H20N4O/c1-21-15-4-2-13(3-5-15)10-14-11-18-16(19-12-14)20-8-6-17-7-9-20/h2-5,11-12,17H,6-10H2,1H3. The average Bonchev–Trinajstić information content (AvgIpc) is 2.57. The number of hydrogen-bond acceptors (Lipinski definition) is 5. The summed E-state index contributed by atoms with van der Waals surface area (Å²) in [4.78, 5) is 11.2.